The largest absolute Gasteiger partial charge is 0.371 e. The van der Waals surface area contributed by atoms with E-state index in [0.29, 0.717) is 5.92 Å². The van der Waals surface area contributed by atoms with Gasteiger partial charge in [-0.2, -0.15) is 0 Å². The highest BCUT2D eigenvalue weighted by Gasteiger charge is 2.43. The Hall–Kier alpha value is -0.300. The van der Waals surface area contributed by atoms with E-state index >= 15 is 0 Å². The monoisotopic (exact) mass is 220 g/mol. The summed E-state index contributed by atoms with van der Waals surface area (Å²) in [5.74, 6) is 2.71. The Morgan fingerprint density at radius 3 is 2.75 bits per heavy atom. The predicted molar refractivity (Wildman–Crippen MR) is 66.3 cm³/mol. The quantitative estimate of drug-likeness (QED) is 0.562. The van der Waals surface area contributed by atoms with Crippen molar-refractivity contribution in [2.45, 2.75) is 58.0 Å². The summed E-state index contributed by atoms with van der Waals surface area (Å²) in [5, 5.41) is 0. The van der Waals surface area contributed by atoms with Crippen LogP contribution in [0.3, 0.4) is 0 Å². The SMILES string of the molecule is CC1(C)OCC=C2CC3CCCCC3CC21. The summed E-state index contributed by atoms with van der Waals surface area (Å²) in [4.78, 5) is 0. The normalized spacial score (nSPS) is 41.9. The Morgan fingerprint density at radius 1 is 1.19 bits per heavy atom. The van der Waals surface area contributed by atoms with E-state index in [-0.39, 0.29) is 5.60 Å². The molecule has 0 aromatic rings. The zero-order chi connectivity index (χ0) is 11.2. The lowest BCUT2D eigenvalue weighted by Gasteiger charge is -2.48. The van der Waals surface area contributed by atoms with Crippen molar-refractivity contribution in [1.29, 1.82) is 0 Å². The zero-order valence-corrected chi connectivity index (χ0v) is 10.7. The van der Waals surface area contributed by atoms with Gasteiger partial charge < -0.3 is 4.74 Å². The van der Waals surface area contributed by atoms with E-state index < -0.39 is 0 Å². The number of hydrogen-bond donors (Lipinski definition) is 0. The van der Waals surface area contributed by atoms with Crippen LogP contribution in [-0.4, -0.2) is 12.2 Å². The Morgan fingerprint density at radius 2 is 1.94 bits per heavy atom. The van der Waals surface area contributed by atoms with Crippen LogP contribution < -0.4 is 0 Å². The highest BCUT2D eigenvalue weighted by molar-refractivity contribution is 5.19. The van der Waals surface area contributed by atoms with Crippen LogP contribution in [0.15, 0.2) is 11.6 Å². The molecule has 3 atom stereocenters. The molecule has 0 bridgehead atoms. The molecule has 3 aliphatic rings. The molecule has 3 rings (SSSR count). The molecule has 0 spiro atoms. The van der Waals surface area contributed by atoms with Crippen LogP contribution in [0.5, 0.6) is 0 Å². The van der Waals surface area contributed by atoms with Gasteiger partial charge >= 0.3 is 0 Å². The fourth-order valence-corrected chi connectivity index (χ4v) is 4.18. The molecule has 0 saturated heterocycles. The second kappa shape index (κ2) is 3.87. The van der Waals surface area contributed by atoms with Crippen molar-refractivity contribution in [2.24, 2.45) is 17.8 Å². The van der Waals surface area contributed by atoms with Gasteiger partial charge in [0.2, 0.25) is 0 Å². The van der Waals surface area contributed by atoms with Gasteiger partial charge in [0.15, 0.2) is 0 Å². The summed E-state index contributed by atoms with van der Waals surface area (Å²) in [5.41, 5.74) is 1.81. The van der Waals surface area contributed by atoms with Gasteiger partial charge in [0.25, 0.3) is 0 Å². The minimum absolute atomic E-state index is 0.0898. The third-order valence-electron chi connectivity index (χ3n) is 5.19. The standard InChI is InChI=1S/C15H24O/c1-15(2)14-10-12-6-4-3-5-11(12)9-13(14)7-8-16-15/h7,11-12,14H,3-6,8-10H2,1-2H3. The Labute approximate surface area is 99.3 Å². The van der Waals surface area contributed by atoms with E-state index in [1.54, 1.807) is 5.57 Å². The van der Waals surface area contributed by atoms with Gasteiger partial charge in [-0.25, -0.2) is 0 Å². The lowest BCUT2D eigenvalue weighted by Crippen LogP contribution is -2.44. The average Bonchev–Trinajstić information content (AvgIpc) is 2.27. The molecule has 1 heterocycles. The van der Waals surface area contributed by atoms with Crippen molar-refractivity contribution in [3.63, 3.8) is 0 Å². The Balaban J connectivity index is 1.83. The molecule has 90 valence electrons. The van der Waals surface area contributed by atoms with E-state index in [2.05, 4.69) is 19.9 Å². The first-order valence-electron chi connectivity index (χ1n) is 7.00. The molecule has 1 aliphatic heterocycles. The number of hydrogen-bond acceptors (Lipinski definition) is 1. The fourth-order valence-electron chi connectivity index (χ4n) is 4.18. The maximum Gasteiger partial charge on any atom is 0.0695 e. The van der Waals surface area contributed by atoms with Crippen LogP contribution in [-0.2, 0) is 4.74 Å². The van der Waals surface area contributed by atoms with Gasteiger partial charge in [-0.15, -0.1) is 0 Å². The summed E-state index contributed by atoms with van der Waals surface area (Å²) in [6.07, 6.45) is 11.0. The van der Waals surface area contributed by atoms with E-state index in [0.717, 1.165) is 18.4 Å². The molecule has 0 aromatic carbocycles. The third kappa shape index (κ3) is 1.73. The number of fused-ring (bicyclic) bond motifs is 2. The zero-order valence-electron chi connectivity index (χ0n) is 10.7. The molecule has 1 nitrogen and oxygen atoms in total. The van der Waals surface area contributed by atoms with Crippen molar-refractivity contribution in [3.05, 3.63) is 11.6 Å². The Bertz CT molecular complexity index is 303. The summed E-state index contributed by atoms with van der Waals surface area (Å²) in [6, 6.07) is 0. The van der Waals surface area contributed by atoms with Crippen molar-refractivity contribution < 1.29 is 4.74 Å². The topological polar surface area (TPSA) is 9.23 Å². The van der Waals surface area contributed by atoms with Crippen LogP contribution in [0.2, 0.25) is 0 Å². The van der Waals surface area contributed by atoms with Crippen LogP contribution in [0.4, 0.5) is 0 Å². The minimum atomic E-state index is 0.0898. The van der Waals surface area contributed by atoms with E-state index in [9.17, 15) is 0 Å². The van der Waals surface area contributed by atoms with Crippen LogP contribution in [0.25, 0.3) is 0 Å². The van der Waals surface area contributed by atoms with Crippen LogP contribution in [0.1, 0.15) is 52.4 Å². The fraction of sp³-hybridized carbons (Fsp3) is 0.867. The van der Waals surface area contributed by atoms with Gasteiger partial charge in [0.05, 0.1) is 12.2 Å². The molecule has 2 saturated carbocycles. The molecule has 2 fully saturated rings. The number of ether oxygens (including phenoxy) is 1. The van der Waals surface area contributed by atoms with Crippen molar-refractivity contribution >= 4 is 0 Å². The van der Waals surface area contributed by atoms with Crippen molar-refractivity contribution in [2.75, 3.05) is 6.61 Å². The summed E-state index contributed by atoms with van der Waals surface area (Å²) < 4.78 is 5.94. The van der Waals surface area contributed by atoms with Crippen LogP contribution in [0, 0.1) is 17.8 Å². The van der Waals surface area contributed by atoms with Gasteiger partial charge in [0, 0.05) is 5.92 Å². The first-order chi connectivity index (χ1) is 7.67. The Kier molecular flexibility index (Phi) is 2.62. The smallest absolute Gasteiger partial charge is 0.0695 e. The summed E-state index contributed by atoms with van der Waals surface area (Å²) in [6.45, 7) is 5.41. The molecular weight excluding hydrogens is 196 g/mol. The van der Waals surface area contributed by atoms with Crippen LogP contribution >= 0.6 is 0 Å². The molecule has 0 radical (unpaired) electrons. The summed E-state index contributed by atoms with van der Waals surface area (Å²) in [7, 11) is 0. The molecule has 0 amide bonds. The van der Waals surface area contributed by atoms with E-state index in [1.165, 1.54) is 38.5 Å². The van der Waals surface area contributed by atoms with Gasteiger partial charge in [-0.1, -0.05) is 30.9 Å². The minimum Gasteiger partial charge on any atom is -0.371 e. The van der Waals surface area contributed by atoms with Gasteiger partial charge in [-0.3, -0.25) is 0 Å². The van der Waals surface area contributed by atoms with Gasteiger partial charge in [-0.05, 0) is 44.9 Å². The maximum atomic E-state index is 5.94. The van der Waals surface area contributed by atoms with Crippen molar-refractivity contribution in [3.8, 4) is 0 Å². The van der Waals surface area contributed by atoms with E-state index in [1.807, 2.05) is 0 Å². The molecular formula is C15H24O. The second-order valence-electron chi connectivity index (χ2n) is 6.49. The molecule has 3 unspecified atom stereocenters. The first-order valence-corrected chi connectivity index (χ1v) is 7.00. The molecule has 0 aromatic heterocycles. The second-order valence-corrected chi connectivity index (χ2v) is 6.49. The van der Waals surface area contributed by atoms with E-state index in [4.69, 9.17) is 4.74 Å². The molecule has 0 N–H and O–H groups in total. The highest BCUT2D eigenvalue weighted by Crippen LogP contribution is 2.50. The highest BCUT2D eigenvalue weighted by atomic mass is 16.5. The first kappa shape index (κ1) is 10.8. The third-order valence-corrected chi connectivity index (χ3v) is 5.19. The molecule has 16 heavy (non-hydrogen) atoms. The van der Waals surface area contributed by atoms with Gasteiger partial charge in [0.1, 0.15) is 0 Å². The lowest BCUT2D eigenvalue weighted by atomic mass is 9.62. The lowest BCUT2D eigenvalue weighted by molar-refractivity contribution is -0.0671. The molecule has 1 heteroatoms. The predicted octanol–water partition coefficient (Wildman–Crippen LogP) is 3.94. The summed E-state index contributed by atoms with van der Waals surface area (Å²) >= 11 is 0. The number of rotatable bonds is 0. The molecule has 2 aliphatic carbocycles. The van der Waals surface area contributed by atoms with Crippen molar-refractivity contribution in [1.82, 2.24) is 0 Å². The average molecular weight is 220 g/mol. The maximum absolute atomic E-state index is 5.94.